The van der Waals surface area contributed by atoms with E-state index in [1.807, 2.05) is 0 Å². The van der Waals surface area contributed by atoms with Crippen LogP contribution in [0.1, 0.15) is 46.4 Å². The number of nitrogens with zero attached hydrogens (tertiary/aromatic N) is 2. The summed E-state index contributed by atoms with van der Waals surface area (Å²) in [4.78, 5) is 39.2. The average Bonchev–Trinajstić information content (AvgIpc) is 2.94. The first kappa shape index (κ1) is 19.7. The predicted octanol–water partition coefficient (Wildman–Crippen LogP) is 2.93. The summed E-state index contributed by atoms with van der Waals surface area (Å²) in [7, 11) is 1.47. The number of pyridine rings is 1. The van der Waals surface area contributed by atoms with Gasteiger partial charge in [0.2, 0.25) is 0 Å². The molecule has 148 valence electrons. The highest BCUT2D eigenvalue weighted by Crippen LogP contribution is 2.16. The number of carbonyl (C=O) groups is 2. The van der Waals surface area contributed by atoms with Gasteiger partial charge in [-0.1, -0.05) is 12.8 Å². The monoisotopic (exact) mass is 389 g/mol. The highest BCUT2D eigenvalue weighted by atomic mass is 19.1. The number of carbonyl (C=O) groups excluding carboxylic acids is 2. The van der Waals surface area contributed by atoms with E-state index in [1.165, 1.54) is 23.9 Å². The van der Waals surface area contributed by atoms with Crippen molar-refractivity contribution in [2.24, 2.45) is 7.05 Å². The molecule has 0 aliphatic carbocycles. The Kier molecular flexibility index (Phi) is 5.87. The second-order valence-corrected chi connectivity index (χ2v) is 6.84. The third-order valence-electron chi connectivity index (χ3n) is 4.75. The minimum Gasteiger partial charge on any atom is -0.339 e. The molecular formula is C20H21F2N3O3. The maximum absolute atomic E-state index is 13.8. The average molecular weight is 389 g/mol. The van der Waals surface area contributed by atoms with Crippen LogP contribution in [0.25, 0.3) is 0 Å². The molecule has 6 nitrogen and oxygen atoms in total. The van der Waals surface area contributed by atoms with Crippen molar-refractivity contribution in [3.63, 3.8) is 0 Å². The summed E-state index contributed by atoms with van der Waals surface area (Å²) in [6.07, 6.45) is 5.41. The van der Waals surface area contributed by atoms with E-state index in [-0.39, 0.29) is 17.2 Å². The van der Waals surface area contributed by atoms with Gasteiger partial charge in [-0.05, 0) is 31.0 Å². The Labute approximate surface area is 160 Å². The van der Waals surface area contributed by atoms with Crippen LogP contribution in [-0.4, -0.2) is 34.4 Å². The molecule has 8 heteroatoms. The number of aryl methyl sites for hydroxylation is 1. The van der Waals surface area contributed by atoms with Crippen LogP contribution in [0.4, 0.5) is 14.5 Å². The van der Waals surface area contributed by atoms with Gasteiger partial charge in [-0.15, -0.1) is 0 Å². The van der Waals surface area contributed by atoms with Gasteiger partial charge < -0.3 is 14.8 Å². The lowest BCUT2D eigenvalue weighted by Crippen LogP contribution is -2.33. The molecule has 3 rings (SSSR count). The van der Waals surface area contributed by atoms with Gasteiger partial charge in [-0.25, -0.2) is 8.78 Å². The topological polar surface area (TPSA) is 71.4 Å². The van der Waals surface area contributed by atoms with Crippen LogP contribution in [0.3, 0.4) is 0 Å². The zero-order chi connectivity index (χ0) is 20.3. The highest BCUT2D eigenvalue weighted by molar-refractivity contribution is 6.05. The van der Waals surface area contributed by atoms with Gasteiger partial charge in [-0.2, -0.15) is 0 Å². The van der Waals surface area contributed by atoms with Crippen LogP contribution in [0, 0.1) is 11.6 Å². The minimum atomic E-state index is -1.04. The van der Waals surface area contributed by atoms with Crippen molar-refractivity contribution in [1.82, 2.24) is 9.47 Å². The smallest absolute Gasteiger partial charge is 0.274 e. The number of hydrogen-bond donors (Lipinski definition) is 1. The van der Waals surface area contributed by atoms with Crippen molar-refractivity contribution in [2.45, 2.75) is 25.7 Å². The molecule has 28 heavy (non-hydrogen) atoms. The molecule has 1 aromatic heterocycles. The minimum absolute atomic E-state index is 0.142. The number of amides is 2. The van der Waals surface area contributed by atoms with Crippen molar-refractivity contribution in [1.29, 1.82) is 0 Å². The summed E-state index contributed by atoms with van der Waals surface area (Å²) < 4.78 is 28.1. The third kappa shape index (κ3) is 4.27. The fraction of sp³-hybridized carbons (Fsp3) is 0.350. The summed E-state index contributed by atoms with van der Waals surface area (Å²) >= 11 is 0. The Hall–Kier alpha value is -3.03. The van der Waals surface area contributed by atoms with E-state index < -0.39 is 28.7 Å². The van der Waals surface area contributed by atoms with Gasteiger partial charge in [0, 0.05) is 32.4 Å². The van der Waals surface area contributed by atoms with Gasteiger partial charge in [0.1, 0.15) is 17.3 Å². The number of rotatable bonds is 3. The first-order valence-electron chi connectivity index (χ1n) is 9.13. The predicted molar refractivity (Wildman–Crippen MR) is 100 cm³/mol. The van der Waals surface area contributed by atoms with Crippen molar-refractivity contribution in [3.8, 4) is 0 Å². The summed E-state index contributed by atoms with van der Waals surface area (Å²) in [5.74, 6) is -2.96. The maximum Gasteiger partial charge on any atom is 0.274 e. The fourth-order valence-electron chi connectivity index (χ4n) is 3.24. The molecule has 0 spiro atoms. The van der Waals surface area contributed by atoms with E-state index in [0.717, 1.165) is 37.8 Å². The van der Waals surface area contributed by atoms with Crippen LogP contribution >= 0.6 is 0 Å². The maximum atomic E-state index is 13.8. The molecular weight excluding hydrogens is 368 g/mol. The zero-order valence-corrected chi connectivity index (χ0v) is 15.5. The van der Waals surface area contributed by atoms with Crippen LogP contribution in [-0.2, 0) is 7.05 Å². The molecule has 0 atom stereocenters. The van der Waals surface area contributed by atoms with Crippen molar-refractivity contribution in [2.75, 3.05) is 18.4 Å². The Morgan fingerprint density at radius 1 is 1.04 bits per heavy atom. The third-order valence-corrected chi connectivity index (χ3v) is 4.75. The molecule has 2 aromatic rings. The molecule has 0 unspecified atom stereocenters. The van der Waals surface area contributed by atoms with E-state index >= 15 is 0 Å². The van der Waals surface area contributed by atoms with E-state index in [2.05, 4.69) is 5.32 Å². The summed E-state index contributed by atoms with van der Waals surface area (Å²) in [5.41, 5.74) is -0.813. The van der Waals surface area contributed by atoms with Crippen LogP contribution in [0.15, 0.2) is 35.3 Å². The Bertz CT molecular complexity index is 964. The lowest BCUT2D eigenvalue weighted by Gasteiger charge is -2.21. The lowest BCUT2D eigenvalue weighted by atomic mass is 10.1. The van der Waals surface area contributed by atoms with Crippen molar-refractivity contribution in [3.05, 3.63) is 63.6 Å². The van der Waals surface area contributed by atoms with Gasteiger partial charge >= 0.3 is 0 Å². The molecule has 1 fully saturated rings. The quantitative estimate of drug-likeness (QED) is 0.877. The number of benzene rings is 1. The van der Waals surface area contributed by atoms with Gasteiger partial charge in [0.15, 0.2) is 0 Å². The summed E-state index contributed by atoms with van der Waals surface area (Å²) in [6, 6.07) is 3.84. The van der Waals surface area contributed by atoms with Gasteiger partial charge in [0.05, 0.1) is 11.1 Å². The molecule has 2 heterocycles. The van der Waals surface area contributed by atoms with E-state index in [4.69, 9.17) is 0 Å². The molecule has 1 aliphatic rings. The first-order chi connectivity index (χ1) is 13.4. The number of aromatic nitrogens is 1. The molecule has 1 saturated heterocycles. The number of halogens is 2. The zero-order valence-electron chi connectivity index (χ0n) is 15.5. The number of nitrogens with one attached hydrogen (secondary N) is 1. The standard InChI is InChI=1S/C20H21F2N3O3/c1-24-12-13(19(27)25-8-4-2-3-5-9-25)10-17(20(24)28)23-18(26)15-7-6-14(21)11-16(15)22/h6-7,10-12H,2-5,8-9H2,1H3,(H,23,26). The van der Waals surface area contributed by atoms with Gasteiger partial charge in [-0.3, -0.25) is 14.4 Å². The summed E-state index contributed by atoms with van der Waals surface area (Å²) in [6.45, 7) is 1.29. The molecule has 1 aromatic carbocycles. The molecule has 0 bridgehead atoms. The Morgan fingerprint density at radius 2 is 1.71 bits per heavy atom. The molecule has 0 saturated carbocycles. The van der Waals surface area contributed by atoms with E-state index in [1.54, 1.807) is 4.90 Å². The fourth-order valence-corrected chi connectivity index (χ4v) is 3.24. The highest BCUT2D eigenvalue weighted by Gasteiger charge is 2.21. The Balaban J connectivity index is 1.88. The molecule has 1 aliphatic heterocycles. The van der Waals surface area contributed by atoms with E-state index in [0.29, 0.717) is 19.2 Å². The summed E-state index contributed by atoms with van der Waals surface area (Å²) in [5, 5.41) is 2.33. The molecule has 1 N–H and O–H groups in total. The number of likely N-dealkylation sites (tertiary alicyclic amines) is 1. The number of anilines is 1. The van der Waals surface area contributed by atoms with Crippen LogP contribution in [0.5, 0.6) is 0 Å². The van der Waals surface area contributed by atoms with Crippen molar-refractivity contribution >= 4 is 17.5 Å². The Morgan fingerprint density at radius 3 is 2.36 bits per heavy atom. The van der Waals surface area contributed by atoms with E-state index in [9.17, 15) is 23.2 Å². The lowest BCUT2D eigenvalue weighted by molar-refractivity contribution is 0.0760. The molecule has 2 amide bonds. The van der Waals surface area contributed by atoms with Gasteiger partial charge in [0.25, 0.3) is 17.4 Å². The second kappa shape index (κ2) is 8.33. The van der Waals surface area contributed by atoms with Crippen molar-refractivity contribution < 1.29 is 18.4 Å². The first-order valence-corrected chi connectivity index (χ1v) is 9.13. The normalized spacial score (nSPS) is 14.5. The number of hydrogen-bond acceptors (Lipinski definition) is 3. The van der Waals surface area contributed by atoms with Crippen LogP contribution in [0.2, 0.25) is 0 Å². The largest absolute Gasteiger partial charge is 0.339 e. The SMILES string of the molecule is Cn1cc(C(=O)N2CCCCCC2)cc(NC(=O)c2ccc(F)cc2F)c1=O. The van der Waals surface area contributed by atoms with Crippen LogP contribution < -0.4 is 10.9 Å². The molecule has 0 radical (unpaired) electrons. The second-order valence-electron chi connectivity index (χ2n) is 6.84.